The second-order valence-corrected chi connectivity index (χ2v) is 9.08. The number of hydroxylamine groups is 1. The SMILES string of the molecule is N=C(N)NOCCCOc1ccc(C[C@H](NS(=O)(=O)/C=C/c2ccccc2)C(=O)O)cc1.O=C(O)C(F)(F)F. The van der Waals surface area contributed by atoms with Crippen molar-refractivity contribution in [1.29, 1.82) is 5.41 Å². The van der Waals surface area contributed by atoms with Crippen molar-refractivity contribution in [2.75, 3.05) is 13.2 Å². The number of benzene rings is 2. The molecule has 0 radical (unpaired) electrons. The molecule has 7 N–H and O–H groups in total. The summed E-state index contributed by atoms with van der Waals surface area (Å²) >= 11 is 0. The van der Waals surface area contributed by atoms with Crippen LogP contribution in [-0.2, 0) is 30.9 Å². The molecule has 214 valence electrons. The largest absolute Gasteiger partial charge is 0.494 e. The van der Waals surface area contributed by atoms with Gasteiger partial charge in [-0.15, -0.1) is 0 Å². The Balaban J connectivity index is 0.000000956. The van der Waals surface area contributed by atoms with Gasteiger partial charge in [0.15, 0.2) is 0 Å². The third-order valence-electron chi connectivity index (χ3n) is 4.29. The van der Waals surface area contributed by atoms with E-state index in [0.29, 0.717) is 36.5 Å². The highest BCUT2D eigenvalue weighted by atomic mass is 32.2. The van der Waals surface area contributed by atoms with Crippen LogP contribution in [0.5, 0.6) is 5.75 Å². The Labute approximate surface area is 221 Å². The minimum atomic E-state index is -5.08. The van der Waals surface area contributed by atoms with Gasteiger partial charge in [0.05, 0.1) is 13.2 Å². The number of halogens is 3. The Kier molecular flexibility index (Phi) is 13.4. The van der Waals surface area contributed by atoms with Gasteiger partial charge in [0.1, 0.15) is 11.8 Å². The average molecular weight is 577 g/mol. The molecule has 2 aromatic carbocycles. The standard InChI is InChI=1S/C21H26N4O6S.C2HF3O2/c22-21(23)24-31-13-4-12-30-18-9-7-17(8-10-18)15-19(20(26)27)25-32(28,29)14-11-16-5-2-1-3-6-16;3-2(4,5)1(6)7/h1-3,5-11,14,19,25H,4,12-13,15H2,(H,26,27)(H4,22,23,24);(H,6,7)/b14-11+;/t19-;/m0./s1. The number of carboxylic acid groups (broad SMARTS) is 2. The van der Waals surface area contributed by atoms with Crippen molar-refractivity contribution in [2.24, 2.45) is 5.73 Å². The highest BCUT2D eigenvalue weighted by molar-refractivity contribution is 7.92. The van der Waals surface area contributed by atoms with E-state index < -0.39 is 34.2 Å². The van der Waals surface area contributed by atoms with Gasteiger partial charge in [0, 0.05) is 11.8 Å². The fraction of sp³-hybridized carbons (Fsp3) is 0.261. The minimum absolute atomic E-state index is 0.0292. The van der Waals surface area contributed by atoms with Gasteiger partial charge in [0.25, 0.3) is 0 Å². The first-order valence-electron chi connectivity index (χ1n) is 10.9. The summed E-state index contributed by atoms with van der Waals surface area (Å²) < 4.78 is 64.0. The third-order valence-corrected chi connectivity index (χ3v) is 5.40. The van der Waals surface area contributed by atoms with E-state index in [0.717, 1.165) is 5.41 Å². The van der Waals surface area contributed by atoms with E-state index >= 15 is 0 Å². The maximum Gasteiger partial charge on any atom is 0.490 e. The lowest BCUT2D eigenvalue weighted by atomic mass is 10.1. The molecule has 2 rings (SSSR count). The van der Waals surface area contributed by atoms with Crippen molar-refractivity contribution < 1.29 is 51.0 Å². The molecular weight excluding hydrogens is 549 g/mol. The van der Waals surface area contributed by atoms with Crippen molar-refractivity contribution in [3.8, 4) is 5.75 Å². The van der Waals surface area contributed by atoms with Gasteiger partial charge in [-0.05, 0) is 35.8 Å². The van der Waals surface area contributed by atoms with Crippen LogP contribution < -0.4 is 20.7 Å². The van der Waals surface area contributed by atoms with Crippen LogP contribution in [0.15, 0.2) is 60.0 Å². The highest BCUT2D eigenvalue weighted by Crippen LogP contribution is 2.15. The monoisotopic (exact) mass is 576 g/mol. The molecular formula is C23H27F3N4O8S. The predicted molar refractivity (Wildman–Crippen MR) is 134 cm³/mol. The molecule has 0 bridgehead atoms. The molecule has 0 amide bonds. The number of guanidine groups is 1. The van der Waals surface area contributed by atoms with E-state index in [1.54, 1.807) is 48.5 Å². The van der Waals surface area contributed by atoms with Crippen LogP contribution >= 0.6 is 0 Å². The lowest BCUT2D eigenvalue weighted by Gasteiger charge is -2.14. The van der Waals surface area contributed by atoms with Gasteiger partial charge in [-0.1, -0.05) is 42.5 Å². The number of nitrogens with one attached hydrogen (secondary N) is 3. The van der Waals surface area contributed by atoms with Crippen molar-refractivity contribution in [1.82, 2.24) is 10.2 Å². The Morgan fingerprint density at radius 3 is 2.15 bits per heavy atom. The van der Waals surface area contributed by atoms with E-state index in [2.05, 4.69) is 10.2 Å². The summed E-state index contributed by atoms with van der Waals surface area (Å²) in [7, 11) is -3.95. The number of ether oxygens (including phenoxy) is 1. The van der Waals surface area contributed by atoms with Crippen LogP contribution in [-0.4, -0.2) is 62.0 Å². The second-order valence-electron chi connectivity index (χ2n) is 7.48. The molecule has 39 heavy (non-hydrogen) atoms. The van der Waals surface area contributed by atoms with E-state index in [-0.39, 0.29) is 12.4 Å². The van der Waals surface area contributed by atoms with Gasteiger partial charge in [-0.25, -0.2) is 18.7 Å². The van der Waals surface area contributed by atoms with Crippen LogP contribution in [0.25, 0.3) is 6.08 Å². The first kappa shape index (κ1) is 32.9. The maximum absolute atomic E-state index is 12.3. The van der Waals surface area contributed by atoms with Crippen molar-refractivity contribution in [3.05, 3.63) is 71.1 Å². The summed E-state index contributed by atoms with van der Waals surface area (Å²) in [6, 6.07) is 14.2. The lowest BCUT2D eigenvalue weighted by Crippen LogP contribution is -2.41. The Hall–Kier alpha value is -4.15. The molecule has 0 spiro atoms. The van der Waals surface area contributed by atoms with Gasteiger partial charge < -0.3 is 20.7 Å². The molecule has 0 fully saturated rings. The van der Waals surface area contributed by atoms with Crippen molar-refractivity contribution >= 4 is 34.0 Å². The van der Waals surface area contributed by atoms with E-state index in [1.165, 1.54) is 6.08 Å². The number of sulfonamides is 1. The van der Waals surface area contributed by atoms with E-state index in [9.17, 15) is 31.5 Å². The van der Waals surface area contributed by atoms with Crippen LogP contribution in [0.4, 0.5) is 13.2 Å². The lowest BCUT2D eigenvalue weighted by molar-refractivity contribution is -0.192. The molecule has 0 aromatic heterocycles. The Bertz CT molecular complexity index is 1210. The number of hydrogen-bond acceptors (Lipinski definition) is 7. The molecule has 0 aliphatic carbocycles. The fourth-order valence-electron chi connectivity index (χ4n) is 2.56. The predicted octanol–water partition coefficient (Wildman–Crippen LogP) is 2.09. The second kappa shape index (κ2) is 16.0. The number of aliphatic carboxylic acids is 2. The summed E-state index contributed by atoms with van der Waals surface area (Å²) in [5.74, 6) is -3.74. The molecule has 0 saturated heterocycles. The smallest absolute Gasteiger partial charge is 0.490 e. The molecule has 16 heteroatoms. The average Bonchev–Trinajstić information content (AvgIpc) is 2.85. The topological polar surface area (TPSA) is 201 Å². The third kappa shape index (κ3) is 15.0. The first-order valence-corrected chi connectivity index (χ1v) is 12.5. The number of carboxylic acids is 2. The van der Waals surface area contributed by atoms with E-state index in [4.69, 9.17) is 30.6 Å². The molecule has 0 aliphatic heterocycles. The van der Waals surface area contributed by atoms with Gasteiger partial charge in [-0.2, -0.15) is 17.9 Å². The first-order chi connectivity index (χ1) is 18.2. The zero-order chi connectivity index (χ0) is 29.5. The summed E-state index contributed by atoms with van der Waals surface area (Å²) in [5, 5.41) is 24.5. The summed E-state index contributed by atoms with van der Waals surface area (Å²) in [6.07, 6.45) is -3.16. The number of rotatable bonds is 13. The normalized spacial score (nSPS) is 12.2. The maximum atomic E-state index is 12.3. The van der Waals surface area contributed by atoms with Crippen LogP contribution in [0.3, 0.4) is 0 Å². The van der Waals surface area contributed by atoms with E-state index in [1.807, 2.05) is 6.07 Å². The molecule has 1 atom stereocenters. The fourth-order valence-corrected chi connectivity index (χ4v) is 3.55. The molecule has 12 nitrogen and oxygen atoms in total. The minimum Gasteiger partial charge on any atom is -0.494 e. The summed E-state index contributed by atoms with van der Waals surface area (Å²) in [4.78, 5) is 25.4. The van der Waals surface area contributed by atoms with Gasteiger partial charge in [-0.3, -0.25) is 15.0 Å². The van der Waals surface area contributed by atoms with Gasteiger partial charge >= 0.3 is 18.1 Å². The number of alkyl halides is 3. The number of nitrogens with two attached hydrogens (primary N) is 1. The van der Waals surface area contributed by atoms with Gasteiger partial charge in [0.2, 0.25) is 16.0 Å². The molecule has 0 aliphatic rings. The quantitative estimate of drug-likeness (QED) is 0.0887. The summed E-state index contributed by atoms with van der Waals surface area (Å²) in [6.45, 7) is 0.668. The Morgan fingerprint density at radius 1 is 1.05 bits per heavy atom. The van der Waals surface area contributed by atoms with Crippen molar-refractivity contribution in [2.45, 2.75) is 25.1 Å². The highest BCUT2D eigenvalue weighted by Gasteiger charge is 2.38. The molecule has 0 heterocycles. The Morgan fingerprint density at radius 2 is 1.64 bits per heavy atom. The molecule has 0 saturated carbocycles. The summed E-state index contributed by atoms with van der Waals surface area (Å²) in [5.41, 5.74) is 8.61. The zero-order valence-electron chi connectivity index (χ0n) is 20.2. The number of carbonyl (C=O) groups is 2. The van der Waals surface area contributed by atoms with Crippen LogP contribution in [0.1, 0.15) is 17.5 Å². The number of hydrogen-bond donors (Lipinski definition) is 6. The molecule has 2 aromatic rings. The van der Waals surface area contributed by atoms with Crippen LogP contribution in [0, 0.1) is 5.41 Å². The van der Waals surface area contributed by atoms with Crippen molar-refractivity contribution in [3.63, 3.8) is 0 Å². The zero-order valence-corrected chi connectivity index (χ0v) is 21.0. The van der Waals surface area contributed by atoms with Crippen LogP contribution in [0.2, 0.25) is 0 Å². The molecule has 0 unspecified atom stereocenters.